The summed E-state index contributed by atoms with van der Waals surface area (Å²) in [5.41, 5.74) is 0.888. The molecule has 1 saturated heterocycles. The van der Waals surface area contributed by atoms with Crippen molar-refractivity contribution < 1.29 is 18.3 Å². The summed E-state index contributed by atoms with van der Waals surface area (Å²) in [4.78, 5) is 28.5. The summed E-state index contributed by atoms with van der Waals surface area (Å²) in [7, 11) is -2.61. The average molecular weight is 644 g/mol. The molecule has 1 fully saturated rings. The van der Waals surface area contributed by atoms with E-state index in [0.29, 0.717) is 24.3 Å². The van der Waals surface area contributed by atoms with Crippen LogP contribution >= 0.6 is 0 Å². The van der Waals surface area contributed by atoms with Gasteiger partial charge in [0.05, 0.1) is 38.1 Å². The van der Waals surface area contributed by atoms with Gasteiger partial charge in [0.2, 0.25) is 0 Å². The molecule has 1 aromatic carbocycles. The van der Waals surface area contributed by atoms with Crippen LogP contribution in [0.5, 0.6) is 5.75 Å². The smallest absolute Gasteiger partial charge is 0.330 e. The first-order chi connectivity index (χ1) is 20.3. The normalized spacial score (nSPS) is 19.8. The summed E-state index contributed by atoms with van der Waals surface area (Å²) in [5.74, 6) is 0.745. The van der Waals surface area contributed by atoms with Crippen LogP contribution in [0, 0.1) is 0 Å². The molecule has 3 atom stereocenters. The molecule has 2 aromatic heterocycles. The molecule has 0 radical (unpaired) electrons. The van der Waals surface area contributed by atoms with Gasteiger partial charge in [-0.3, -0.25) is 14.3 Å². The summed E-state index contributed by atoms with van der Waals surface area (Å²) in [6.07, 6.45) is 2.57. The molecule has 242 valence electrons. The maximum atomic E-state index is 13.1. The number of rotatable bonds is 10. The molecule has 0 unspecified atom stereocenters. The quantitative estimate of drug-likeness (QED) is 0.285. The van der Waals surface area contributed by atoms with Gasteiger partial charge >= 0.3 is 5.69 Å². The maximum absolute atomic E-state index is 13.1. The summed E-state index contributed by atoms with van der Waals surface area (Å²) in [6.45, 7) is 22.6. The van der Waals surface area contributed by atoms with Crippen molar-refractivity contribution in [3.63, 3.8) is 0 Å². The molecule has 0 saturated carbocycles. The largest absolute Gasteiger partial charge is 0.497 e. The molecule has 1 aliphatic rings. The van der Waals surface area contributed by atoms with E-state index in [1.54, 1.807) is 24.2 Å². The van der Waals surface area contributed by atoms with E-state index >= 15 is 0 Å². The molecule has 1 aliphatic heterocycles. The molecular weight excluding hydrogens is 595 g/mol. The third kappa shape index (κ3) is 7.50. The van der Waals surface area contributed by atoms with Crippen molar-refractivity contribution in [3.05, 3.63) is 63.1 Å². The fraction of sp³-hybridized carbons (Fsp3) is 0.613. The van der Waals surface area contributed by atoms with Crippen LogP contribution in [-0.4, -0.2) is 67.1 Å². The Morgan fingerprint density at radius 3 is 2.20 bits per heavy atom. The molecule has 0 spiro atoms. The third-order valence-corrected chi connectivity index (χ3v) is 18.5. The van der Waals surface area contributed by atoms with E-state index < -0.39 is 34.1 Å². The lowest BCUT2D eigenvalue weighted by atomic mass is 10.1. The van der Waals surface area contributed by atoms with E-state index in [-0.39, 0.29) is 28.8 Å². The van der Waals surface area contributed by atoms with Gasteiger partial charge in [-0.25, -0.2) is 9.48 Å². The highest BCUT2D eigenvalue weighted by Crippen LogP contribution is 2.42. The summed E-state index contributed by atoms with van der Waals surface area (Å²) in [5, 5.41) is 8.51. The van der Waals surface area contributed by atoms with Crippen molar-refractivity contribution in [3.8, 4) is 17.0 Å². The standard InChI is InChI=1S/C31H49N5O6Si2/c1-30(2,3)43(8,9)40-20-26-25(42-44(10,11)31(4,5)6)16-27(41-26)36-18-22(28(37)32-29(36)38)17-35-19-24(33-34-35)21-12-14-23(39-7)15-13-21/h12-15,18-19,25-27H,16-17,20H2,1-11H3,(H,32,37,38)/t25-,26+,27+/m0/s1. The van der Waals surface area contributed by atoms with Gasteiger partial charge in [-0.05, 0) is 60.5 Å². The number of aromatic nitrogens is 5. The second-order valence-electron chi connectivity index (χ2n) is 14.7. The Labute approximate surface area is 262 Å². The fourth-order valence-electron chi connectivity index (χ4n) is 4.51. The SMILES string of the molecule is COc1ccc(-c2cn(Cc3cn([C@H]4C[C@H](O[Si](C)(C)C(C)(C)C)[C@@H](CO[Si](C)(C)C(C)(C)C)O4)c(=O)[nH]c3=O)nn2)cc1. The zero-order valence-corrected chi connectivity index (χ0v) is 30.1. The van der Waals surface area contributed by atoms with Gasteiger partial charge < -0.3 is 18.3 Å². The van der Waals surface area contributed by atoms with Gasteiger partial charge in [-0.1, -0.05) is 46.8 Å². The maximum Gasteiger partial charge on any atom is 0.330 e. The molecule has 13 heteroatoms. The number of methoxy groups -OCH3 is 1. The monoisotopic (exact) mass is 643 g/mol. The Morgan fingerprint density at radius 2 is 1.61 bits per heavy atom. The number of nitrogens with zero attached hydrogens (tertiary/aromatic N) is 4. The highest BCUT2D eigenvalue weighted by molar-refractivity contribution is 6.74. The average Bonchev–Trinajstić information content (AvgIpc) is 3.54. The molecule has 0 amide bonds. The van der Waals surface area contributed by atoms with Crippen LogP contribution in [0.3, 0.4) is 0 Å². The number of hydrogen-bond acceptors (Lipinski definition) is 8. The minimum atomic E-state index is -2.16. The van der Waals surface area contributed by atoms with Crippen molar-refractivity contribution in [1.29, 1.82) is 0 Å². The number of nitrogens with one attached hydrogen (secondary N) is 1. The molecule has 44 heavy (non-hydrogen) atoms. The Bertz CT molecular complexity index is 1550. The summed E-state index contributed by atoms with van der Waals surface area (Å²) >= 11 is 0. The number of H-pyrrole nitrogens is 1. The van der Waals surface area contributed by atoms with Gasteiger partial charge in [0.15, 0.2) is 16.6 Å². The van der Waals surface area contributed by atoms with Crippen LogP contribution in [0.1, 0.15) is 59.8 Å². The molecule has 0 bridgehead atoms. The van der Waals surface area contributed by atoms with E-state index in [1.165, 1.54) is 4.57 Å². The lowest BCUT2D eigenvalue weighted by molar-refractivity contribution is -0.0413. The zero-order valence-electron chi connectivity index (χ0n) is 28.1. The van der Waals surface area contributed by atoms with Crippen molar-refractivity contribution in [2.75, 3.05) is 13.7 Å². The second kappa shape index (κ2) is 12.5. The molecule has 1 N–H and O–H groups in total. The van der Waals surface area contributed by atoms with Crippen molar-refractivity contribution >= 4 is 16.6 Å². The number of ether oxygens (including phenoxy) is 2. The van der Waals surface area contributed by atoms with Crippen LogP contribution in [0.15, 0.2) is 46.2 Å². The third-order valence-electron chi connectivity index (χ3n) is 9.46. The van der Waals surface area contributed by atoms with Crippen LogP contribution < -0.4 is 16.0 Å². The van der Waals surface area contributed by atoms with Crippen LogP contribution in [0.25, 0.3) is 11.3 Å². The van der Waals surface area contributed by atoms with E-state index in [1.807, 2.05) is 24.3 Å². The minimum absolute atomic E-state index is 0.000383. The fourth-order valence-corrected chi connectivity index (χ4v) is 6.88. The second-order valence-corrected chi connectivity index (χ2v) is 24.3. The van der Waals surface area contributed by atoms with E-state index in [9.17, 15) is 9.59 Å². The minimum Gasteiger partial charge on any atom is -0.497 e. The number of aromatic amines is 1. The van der Waals surface area contributed by atoms with E-state index in [2.05, 4.69) is 83.0 Å². The number of benzene rings is 1. The van der Waals surface area contributed by atoms with Gasteiger partial charge in [0.1, 0.15) is 23.8 Å². The first-order valence-corrected chi connectivity index (χ1v) is 21.0. The van der Waals surface area contributed by atoms with Crippen LogP contribution in [-0.2, 0) is 20.1 Å². The van der Waals surface area contributed by atoms with Crippen molar-refractivity contribution in [2.45, 2.75) is 109 Å². The summed E-state index contributed by atoms with van der Waals surface area (Å²) < 4.78 is 28.2. The van der Waals surface area contributed by atoms with Crippen molar-refractivity contribution in [2.24, 2.45) is 0 Å². The molecule has 3 heterocycles. The topological polar surface area (TPSA) is 122 Å². The number of hydrogen-bond donors (Lipinski definition) is 1. The Balaban J connectivity index is 1.59. The predicted molar refractivity (Wildman–Crippen MR) is 176 cm³/mol. The molecule has 11 nitrogen and oxygen atoms in total. The van der Waals surface area contributed by atoms with E-state index in [4.69, 9.17) is 18.3 Å². The first-order valence-electron chi connectivity index (χ1n) is 15.2. The molecule has 0 aliphatic carbocycles. The van der Waals surface area contributed by atoms with Crippen molar-refractivity contribution in [1.82, 2.24) is 24.5 Å². The lowest BCUT2D eigenvalue weighted by Crippen LogP contribution is -2.48. The van der Waals surface area contributed by atoms with E-state index in [0.717, 1.165) is 11.3 Å². The predicted octanol–water partition coefficient (Wildman–Crippen LogP) is 5.55. The lowest BCUT2D eigenvalue weighted by Gasteiger charge is -2.40. The Kier molecular flexibility index (Phi) is 9.67. The highest BCUT2D eigenvalue weighted by atomic mass is 28.4. The Morgan fingerprint density at radius 1 is 0.977 bits per heavy atom. The Hall–Kier alpha value is -2.85. The van der Waals surface area contributed by atoms with Gasteiger partial charge in [-0.15, -0.1) is 5.10 Å². The van der Waals surface area contributed by atoms with Gasteiger partial charge in [0.25, 0.3) is 5.56 Å². The van der Waals surface area contributed by atoms with Gasteiger partial charge in [0, 0.05) is 18.2 Å². The molecule has 3 aromatic rings. The zero-order chi connectivity index (χ0) is 32.7. The van der Waals surface area contributed by atoms with Gasteiger partial charge in [-0.2, -0.15) is 0 Å². The highest BCUT2D eigenvalue weighted by Gasteiger charge is 2.46. The molecule has 4 rings (SSSR count). The van der Waals surface area contributed by atoms with Crippen LogP contribution in [0.2, 0.25) is 36.3 Å². The summed E-state index contributed by atoms with van der Waals surface area (Å²) in [6, 6.07) is 7.49. The first kappa shape index (κ1) is 34.0. The molecular formula is C31H49N5O6Si2. The van der Waals surface area contributed by atoms with Crippen LogP contribution in [0.4, 0.5) is 0 Å².